The molecule has 4 N–H and O–H groups in total. The Balaban J connectivity index is 1.86. The van der Waals surface area contributed by atoms with E-state index >= 15 is 0 Å². The fourth-order valence-electron chi connectivity index (χ4n) is 3.02. The van der Waals surface area contributed by atoms with Crippen LogP contribution in [0.3, 0.4) is 0 Å². The van der Waals surface area contributed by atoms with Crippen LogP contribution in [-0.4, -0.2) is 69.3 Å². The number of aliphatic imine (C=N–C) groups is 1. The summed E-state index contributed by atoms with van der Waals surface area (Å²) in [6.07, 6.45) is -0.723. The molecule has 150 valence electrons. The Morgan fingerprint density at radius 3 is 3.00 bits per heavy atom. The van der Waals surface area contributed by atoms with Gasteiger partial charge < -0.3 is 30.3 Å². The zero-order valence-electron chi connectivity index (χ0n) is 15.1. The fourth-order valence-corrected chi connectivity index (χ4v) is 3.13. The molecule has 0 bridgehead atoms. The van der Waals surface area contributed by atoms with Gasteiger partial charge in [-0.2, -0.15) is 12.6 Å². The number of aromatic nitrogens is 2. The molecule has 5 unspecified atom stereocenters. The Bertz CT molecular complexity index is 697. The third-order valence-electron chi connectivity index (χ3n) is 4.48. The minimum atomic E-state index is -1.000. The zero-order chi connectivity index (χ0) is 19.6. The molecule has 1 fully saturated rings. The lowest BCUT2D eigenvalue weighted by Crippen LogP contribution is -2.41. The third-order valence-corrected chi connectivity index (χ3v) is 4.66. The Morgan fingerprint density at radius 1 is 1.56 bits per heavy atom. The Kier molecular flexibility index (Phi) is 6.37. The van der Waals surface area contributed by atoms with E-state index in [1.165, 1.54) is 12.7 Å². The molecule has 1 aromatic heterocycles. The molecule has 0 radical (unpaired) electrons. The van der Waals surface area contributed by atoms with Gasteiger partial charge in [0.2, 0.25) is 5.91 Å². The molecule has 10 nitrogen and oxygen atoms in total. The maximum Gasteiger partial charge on any atom is 0.224 e. The van der Waals surface area contributed by atoms with E-state index in [0.29, 0.717) is 23.9 Å². The number of nitrogens with one attached hydrogen (secondary N) is 2. The zero-order valence-corrected chi connectivity index (χ0v) is 16.0. The molecule has 0 aliphatic carbocycles. The summed E-state index contributed by atoms with van der Waals surface area (Å²) in [6.45, 7) is 3.58. The number of carbonyl (C=O) groups excluding carboxylic acids is 1. The molecule has 5 atom stereocenters. The second kappa shape index (κ2) is 8.57. The number of thiol groups is 1. The van der Waals surface area contributed by atoms with Crippen molar-refractivity contribution in [2.24, 2.45) is 10.9 Å². The van der Waals surface area contributed by atoms with E-state index in [-0.39, 0.29) is 18.4 Å². The second-order valence-corrected chi connectivity index (χ2v) is 7.13. The lowest BCUT2D eigenvalue weighted by molar-refractivity contribution is -0.124. The number of imidazole rings is 1. The van der Waals surface area contributed by atoms with E-state index in [2.05, 4.69) is 33.2 Å². The average molecular weight is 399 g/mol. The normalized spacial score (nSPS) is 29.6. The molecule has 3 rings (SSSR count). The molecule has 2 aliphatic rings. The Morgan fingerprint density at radius 2 is 2.33 bits per heavy atom. The topological polar surface area (TPSA) is 130 Å². The van der Waals surface area contributed by atoms with Crippen LogP contribution in [0.5, 0.6) is 0 Å². The van der Waals surface area contributed by atoms with Crippen LogP contribution in [0.1, 0.15) is 31.9 Å². The molecule has 1 saturated heterocycles. The molecule has 1 aromatic rings. The molecule has 27 heavy (non-hydrogen) atoms. The minimum Gasteiger partial charge on any atom is -0.394 e. The van der Waals surface area contributed by atoms with Crippen molar-refractivity contribution in [3.8, 4) is 0 Å². The van der Waals surface area contributed by atoms with Gasteiger partial charge in [0.15, 0.2) is 12.0 Å². The van der Waals surface area contributed by atoms with E-state index in [0.717, 1.165) is 0 Å². The Labute approximate surface area is 162 Å². The maximum absolute atomic E-state index is 12.0. The first kappa shape index (κ1) is 20.1. The van der Waals surface area contributed by atoms with Gasteiger partial charge in [-0.15, -0.1) is 0 Å². The highest BCUT2D eigenvalue weighted by molar-refractivity contribution is 7.80. The summed E-state index contributed by atoms with van der Waals surface area (Å²) in [7, 11) is 0. The quantitative estimate of drug-likeness (QED) is 0.390. The number of carbonyl (C=O) groups is 1. The summed E-state index contributed by atoms with van der Waals surface area (Å²) in [5.41, 5.74) is 0.532. The highest BCUT2D eigenvalue weighted by Gasteiger charge is 2.46. The van der Waals surface area contributed by atoms with Gasteiger partial charge in [-0.25, -0.2) is 9.98 Å². The van der Waals surface area contributed by atoms with Crippen molar-refractivity contribution in [2.45, 2.75) is 44.6 Å². The molecular weight excluding hydrogens is 374 g/mol. The van der Waals surface area contributed by atoms with Crippen LogP contribution < -0.4 is 10.6 Å². The van der Waals surface area contributed by atoms with Crippen LogP contribution in [0.15, 0.2) is 11.3 Å². The van der Waals surface area contributed by atoms with Gasteiger partial charge in [-0.1, -0.05) is 13.8 Å². The van der Waals surface area contributed by atoms with E-state index in [4.69, 9.17) is 9.47 Å². The molecule has 0 aromatic carbocycles. The number of ether oxygens (including phenoxy) is 2. The van der Waals surface area contributed by atoms with E-state index in [9.17, 15) is 15.0 Å². The van der Waals surface area contributed by atoms with Crippen molar-refractivity contribution in [3.63, 3.8) is 0 Å². The predicted octanol–water partition coefficient (Wildman–Crippen LogP) is -0.517. The van der Waals surface area contributed by atoms with E-state index in [1.54, 1.807) is 18.4 Å². The van der Waals surface area contributed by atoms with Crippen LogP contribution in [0.4, 0.5) is 5.82 Å². The third kappa shape index (κ3) is 3.97. The number of aliphatic hydroxyl groups is 2. The molecule has 11 heteroatoms. The van der Waals surface area contributed by atoms with Crippen LogP contribution in [0.2, 0.25) is 0 Å². The summed E-state index contributed by atoms with van der Waals surface area (Å²) < 4.78 is 13.1. The van der Waals surface area contributed by atoms with E-state index in [1.807, 2.05) is 0 Å². The molecular formula is C16H25N5O5S. The number of aliphatic hydroxyl groups excluding tert-OH is 2. The molecule has 0 spiro atoms. The number of fused-ring (bicyclic) bond motifs is 1. The fraction of sp³-hybridized carbons (Fsp3) is 0.688. The summed E-state index contributed by atoms with van der Waals surface area (Å²) in [4.78, 5) is 20.7. The number of nitrogens with zero attached hydrogens (tertiary/aromatic N) is 3. The highest BCUT2D eigenvalue weighted by atomic mass is 32.1. The van der Waals surface area contributed by atoms with Crippen molar-refractivity contribution in [3.05, 3.63) is 12.0 Å². The molecule has 2 aliphatic heterocycles. The van der Waals surface area contributed by atoms with Crippen LogP contribution >= 0.6 is 12.6 Å². The first-order chi connectivity index (χ1) is 13.0. The average Bonchev–Trinajstić information content (AvgIpc) is 3.21. The number of rotatable bonds is 7. The lowest BCUT2D eigenvalue weighted by atomic mass is 10.1. The summed E-state index contributed by atoms with van der Waals surface area (Å²) in [5, 5.41) is 25.7. The maximum atomic E-state index is 12.0. The highest BCUT2D eigenvalue weighted by Crippen LogP contribution is 2.37. The summed E-state index contributed by atoms with van der Waals surface area (Å²) >= 11 is 4.12. The van der Waals surface area contributed by atoms with Crippen molar-refractivity contribution >= 4 is 30.7 Å². The van der Waals surface area contributed by atoms with Gasteiger partial charge in [-0.3, -0.25) is 9.36 Å². The predicted molar refractivity (Wildman–Crippen MR) is 99.8 cm³/mol. The smallest absolute Gasteiger partial charge is 0.224 e. The largest absolute Gasteiger partial charge is 0.394 e. The van der Waals surface area contributed by atoms with Gasteiger partial charge in [0.1, 0.15) is 30.2 Å². The van der Waals surface area contributed by atoms with Gasteiger partial charge in [-0.05, 0) is 0 Å². The molecule has 0 saturated carbocycles. The van der Waals surface area contributed by atoms with Crippen LogP contribution in [0.25, 0.3) is 0 Å². The number of hydrogen-bond donors (Lipinski definition) is 5. The number of amides is 1. The van der Waals surface area contributed by atoms with Crippen LogP contribution in [-0.2, 0) is 14.3 Å². The van der Waals surface area contributed by atoms with E-state index < -0.39 is 30.7 Å². The van der Waals surface area contributed by atoms with Gasteiger partial charge >= 0.3 is 0 Å². The van der Waals surface area contributed by atoms with Crippen molar-refractivity contribution in [2.75, 3.05) is 19.0 Å². The Hall–Kier alpha value is -1.66. The SMILES string of the molecule is CC(C)C(=O)NC1NC=Nc2c1ncn2C1OC(CO)C(O)C1OCCS. The first-order valence-electron chi connectivity index (χ1n) is 8.80. The van der Waals surface area contributed by atoms with Crippen molar-refractivity contribution < 1.29 is 24.5 Å². The second-order valence-electron chi connectivity index (χ2n) is 6.68. The summed E-state index contributed by atoms with van der Waals surface area (Å²) in [6, 6.07) is 0. The monoisotopic (exact) mass is 399 g/mol. The standard InChI is InChI=1S/C16H25N5O5S/c1-8(2)15(24)20-13-10-14(18-6-17-13)21(7-19-10)16-12(25-3-4-27)11(23)9(5-22)26-16/h6-9,11-13,16,22-23,27H,3-5H2,1-2H3,(H,17,18)(H,20,24). The van der Waals surface area contributed by atoms with Crippen molar-refractivity contribution in [1.82, 2.24) is 20.2 Å². The minimum absolute atomic E-state index is 0.119. The number of hydrogen-bond acceptors (Lipinski definition) is 9. The molecule has 3 heterocycles. The van der Waals surface area contributed by atoms with Gasteiger partial charge in [0.05, 0.1) is 25.9 Å². The lowest BCUT2D eigenvalue weighted by Gasteiger charge is -2.25. The van der Waals surface area contributed by atoms with Gasteiger partial charge in [0, 0.05) is 11.7 Å². The van der Waals surface area contributed by atoms with Crippen LogP contribution in [0, 0.1) is 5.92 Å². The van der Waals surface area contributed by atoms with Gasteiger partial charge in [0.25, 0.3) is 0 Å². The first-order valence-corrected chi connectivity index (χ1v) is 9.43. The summed E-state index contributed by atoms with van der Waals surface area (Å²) in [5.74, 6) is 0.672. The molecule has 1 amide bonds. The van der Waals surface area contributed by atoms with Crippen molar-refractivity contribution in [1.29, 1.82) is 0 Å².